The van der Waals surface area contributed by atoms with Crippen LogP contribution in [0.25, 0.3) is 0 Å². The molecule has 0 aromatic heterocycles. The third kappa shape index (κ3) is 5.27. The number of rotatable bonds is 7. The van der Waals surface area contributed by atoms with E-state index in [1.807, 2.05) is 0 Å². The second kappa shape index (κ2) is 8.16. The zero-order chi connectivity index (χ0) is 13.5. The Morgan fingerprint density at radius 2 is 1.83 bits per heavy atom. The Balaban J connectivity index is 2.33. The standard InChI is InChI=1S/C16H33NO/c1-6-7-15-10-14(8-9-18-15)17-11-16(12(2)3)13(4)5/h12-17H,6-11H2,1-5H3. The predicted molar refractivity (Wildman–Crippen MR) is 78.8 cm³/mol. The third-order valence-electron chi connectivity index (χ3n) is 4.33. The lowest BCUT2D eigenvalue weighted by Crippen LogP contribution is -2.42. The first-order valence-corrected chi connectivity index (χ1v) is 7.89. The Kier molecular flexibility index (Phi) is 7.25. The molecule has 2 heteroatoms. The molecule has 1 fully saturated rings. The van der Waals surface area contributed by atoms with Crippen LogP contribution in [0.3, 0.4) is 0 Å². The molecule has 1 aliphatic heterocycles. The maximum Gasteiger partial charge on any atom is 0.0589 e. The normalized spacial score (nSPS) is 25.3. The fourth-order valence-electron chi connectivity index (χ4n) is 3.13. The van der Waals surface area contributed by atoms with Crippen molar-refractivity contribution in [2.45, 2.75) is 72.4 Å². The lowest BCUT2D eigenvalue weighted by molar-refractivity contribution is -0.00435. The van der Waals surface area contributed by atoms with Crippen LogP contribution in [0.4, 0.5) is 0 Å². The van der Waals surface area contributed by atoms with Gasteiger partial charge < -0.3 is 10.1 Å². The van der Waals surface area contributed by atoms with Crippen molar-refractivity contribution in [2.24, 2.45) is 17.8 Å². The van der Waals surface area contributed by atoms with Gasteiger partial charge in [0.25, 0.3) is 0 Å². The topological polar surface area (TPSA) is 21.3 Å². The Morgan fingerprint density at radius 1 is 1.17 bits per heavy atom. The highest BCUT2D eigenvalue weighted by molar-refractivity contribution is 4.79. The molecule has 0 aromatic carbocycles. The van der Waals surface area contributed by atoms with Crippen LogP contribution in [-0.4, -0.2) is 25.3 Å². The third-order valence-corrected chi connectivity index (χ3v) is 4.33. The summed E-state index contributed by atoms with van der Waals surface area (Å²) in [5.41, 5.74) is 0. The molecule has 1 aliphatic rings. The van der Waals surface area contributed by atoms with E-state index in [0.717, 1.165) is 24.4 Å². The van der Waals surface area contributed by atoms with Crippen molar-refractivity contribution in [1.29, 1.82) is 0 Å². The van der Waals surface area contributed by atoms with E-state index >= 15 is 0 Å². The summed E-state index contributed by atoms with van der Waals surface area (Å²) in [5.74, 6) is 2.32. The monoisotopic (exact) mass is 255 g/mol. The summed E-state index contributed by atoms with van der Waals surface area (Å²) in [5, 5.41) is 3.79. The van der Waals surface area contributed by atoms with E-state index in [4.69, 9.17) is 4.74 Å². The van der Waals surface area contributed by atoms with Crippen molar-refractivity contribution < 1.29 is 4.74 Å². The molecule has 0 radical (unpaired) electrons. The Bertz CT molecular complexity index is 205. The van der Waals surface area contributed by atoms with Crippen LogP contribution in [-0.2, 0) is 4.74 Å². The summed E-state index contributed by atoms with van der Waals surface area (Å²) in [6.45, 7) is 13.7. The Labute approximate surface area is 114 Å². The van der Waals surface area contributed by atoms with E-state index in [1.54, 1.807) is 0 Å². The van der Waals surface area contributed by atoms with Gasteiger partial charge in [-0.15, -0.1) is 0 Å². The van der Waals surface area contributed by atoms with Crippen LogP contribution in [0.5, 0.6) is 0 Å². The summed E-state index contributed by atoms with van der Waals surface area (Å²) < 4.78 is 5.81. The second-order valence-corrected chi connectivity index (χ2v) is 6.56. The average molecular weight is 255 g/mol. The minimum atomic E-state index is 0.498. The molecular formula is C16H33NO. The van der Waals surface area contributed by atoms with Gasteiger partial charge in [-0.2, -0.15) is 0 Å². The van der Waals surface area contributed by atoms with Crippen molar-refractivity contribution in [1.82, 2.24) is 5.32 Å². The van der Waals surface area contributed by atoms with Crippen LogP contribution in [0.1, 0.15) is 60.3 Å². The van der Waals surface area contributed by atoms with Crippen molar-refractivity contribution >= 4 is 0 Å². The Hall–Kier alpha value is -0.0800. The molecule has 0 saturated carbocycles. The zero-order valence-corrected chi connectivity index (χ0v) is 13.0. The minimum Gasteiger partial charge on any atom is -0.378 e. The Morgan fingerprint density at radius 3 is 2.39 bits per heavy atom. The summed E-state index contributed by atoms with van der Waals surface area (Å²) in [6.07, 6.45) is 5.34. The number of ether oxygens (including phenoxy) is 1. The van der Waals surface area contributed by atoms with Crippen molar-refractivity contribution in [2.75, 3.05) is 13.2 Å². The predicted octanol–water partition coefficient (Wildman–Crippen LogP) is 3.85. The summed E-state index contributed by atoms with van der Waals surface area (Å²) in [4.78, 5) is 0. The van der Waals surface area contributed by atoms with Crippen LogP contribution >= 0.6 is 0 Å². The van der Waals surface area contributed by atoms with Crippen LogP contribution in [0.2, 0.25) is 0 Å². The lowest BCUT2D eigenvalue weighted by atomic mass is 9.85. The zero-order valence-electron chi connectivity index (χ0n) is 13.0. The largest absolute Gasteiger partial charge is 0.378 e. The van der Waals surface area contributed by atoms with Gasteiger partial charge in [-0.1, -0.05) is 41.0 Å². The molecule has 1 N–H and O–H groups in total. The van der Waals surface area contributed by atoms with Crippen molar-refractivity contribution in [3.63, 3.8) is 0 Å². The molecule has 2 atom stereocenters. The van der Waals surface area contributed by atoms with Crippen molar-refractivity contribution in [3.8, 4) is 0 Å². The molecule has 1 saturated heterocycles. The first kappa shape index (κ1) is 16.0. The van der Waals surface area contributed by atoms with E-state index in [0.29, 0.717) is 12.1 Å². The van der Waals surface area contributed by atoms with Gasteiger partial charge in [0.05, 0.1) is 6.10 Å². The molecule has 1 heterocycles. The quantitative estimate of drug-likeness (QED) is 0.746. The first-order chi connectivity index (χ1) is 8.54. The molecule has 0 bridgehead atoms. The summed E-state index contributed by atoms with van der Waals surface area (Å²) >= 11 is 0. The smallest absolute Gasteiger partial charge is 0.0589 e. The molecule has 108 valence electrons. The van der Waals surface area contributed by atoms with Gasteiger partial charge in [0, 0.05) is 12.6 Å². The molecular weight excluding hydrogens is 222 g/mol. The highest BCUT2D eigenvalue weighted by Gasteiger charge is 2.24. The summed E-state index contributed by atoms with van der Waals surface area (Å²) in [6, 6.07) is 0.676. The maximum atomic E-state index is 5.81. The molecule has 2 unspecified atom stereocenters. The molecule has 2 nitrogen and oxygen atoms in total. The molecule has 0 spiro atoms. The van der Waals surface area contributed by atoms with E-state index in [2.05, 4.69) is 39.9 Å². The maximum absolute atomic E-state index is 5.81. The fourth-order valence-corrected chi connectivity index (χ4v) is 3.13. The highest BCUT2D eigenvalue weighted by Crippen LogP contribution is 2.22. The van der Waals surface area contributed by atoms with Gasteiger partial charge in [-0.05, 0) is 43.6 Å². The second-order valence-electron chi connectivity index (χ2n) is 6.56. The molecule has 0 aromatic rings. The van der Waals surface area contributed by atoms with E-state index < -0.39 is 0 Å². The van der Waals surface area contributed by atoms with Gasteiger partial charge in [0.2, 0.25) is 0 Å². The van der Waals surface area contributed by atoms with E-state index in [9.17, 15) is 0 Å². The van der Waals surface area contributed by atoms with E-state index in [1.165, 1.54) is 32.2 Å². The van der Waals surface area contributed by atoms with Gasteiger partial charge in [-0.3, -0.25) is 0 Å². The molecule has 18 heavy (non-hydrogen) atoms. The lowest BCUT2D eigenvalue weighted by Gasteiger charge is -2.33. The van der Waals surface area contributed by atoms with Crippen LogP contribution in [0.15, 0.2) is 0 Å². The molecule has 1 rings (SSSR count). The average Bonchev–Trinajstić information content (AvgIpc) is 2.29. The fraction of sp³-hybridized carbons (Fsp3) is 1.00. The van der Waals surface area contributed by atoms with Gasteiger partial charge >= 0.3 is 0 Å². The number of nitrogens with one attached hydrogen (secondary N) is 1. The van der Waals surface area contributed by atoms with Crippen LogP contribution < -0.4 is 5.32 Å². The SMILES string of the molecule is CCCC1CC(NCC(C(C)C)C(C)C)CCO1. The highest BCUT2D eigenvalue weighted by atomic mass is 16.5. The molecule has 0 amide bonds. The van der Waals surface area contributed by atoms with Gasteiger partial charge in [0.1, 0.15) is 0 Å². The van der Waals surface area contributed by atoms with E-state index in [-0.39, 0.29) is 0 Å². The van der Waals surface area contributed by atoms with Crippen LogP contribution in [0, 0.1) is 17.8 Å². The summed E-state index contributed by atoms with van der Waals surface area (Å²) in [7, 11) is 0. The number of hydrogen-bond acceptors (Lipinski definition) is 2. The minimum absolute atomic E-state index is 0.498. The van der Waals surface area contributed by atoms with Gasteiger partial charge in [-0.25, -0.2) is 0 Å². The van der Waals surface area contributed by atoms with Crippen molar-refractivity contribution in [3.05, 3.63) is 0 Å². The first-order valence-electron chi connectivity index (χ1n) is 7.89. The number of hydrogen-bond donors (Lipinski definition) is 1. The molecule has 0 aliphatic carbocycles. The van der Waals surface area contributed by atoms with Gasteiger partial charge in [0.15, 0.2) is 0 Å².